The summed E-state index contributed by atoms with van der Waals surface area (Å²) in [5, 5.41) is 0.779. The number of hydrogen-bond donors (Lipinski definition) is 1. The summed E-state index contributed by atoms with van der Waals surface area (Å²) >= 11 is 5.81. The zero-order valence-corrected chi connectivity index (χ0v) is 8.51. The van der Waals surface area contributed by atoms with Crippen molar-refractivity contribution in [1.29, 1.82) is 0 Å². The van der Waals surface area contributed by atoms with Gasteiger partial charge >= 0.3 is 0 Å². The predicted molar refractivity (Wildman–Crippen MR) is 55.7 cm³/mol. The van der Waals surface area contributed by atoms with E-state index in [9.17, 15) is 0 Å². The summed E-state index contributed by atoms with van der Waals surface area (Å²) in [6, 6.07) is 7.91. The smallest absolute Gasteiger partial charge is 0.0442 e. The van der Waals surface area contributed by atoms with E-state index >= 15 is 0 Å². The monoisotopic (exact) mass is 195 g/mol. The molecular weight excluding hydrogens is 182 g/mol. The van der Waals surface area contributed by atoms with E-state index in [1.807, 2.05) is 24.3 Å². The van der Waals surface area contributed by atoms with Gasteiger partial charge in [0.25, 0.3) is 0 Å². The molecule has 1 nitrogen and oxygen atoms in total. The number of rotatable bonds is 2. The van der Waals surface area contributed by atoms with Gasteiger partial charge in [-0.15, -0.1) is 0 Å². The van der Waals surface area contributed by atoms with Crippen LogP contribution in [0, 0.1) is 5.92 Å². The first-order valence-corrected chi connectivity index (χ1v) is 5.09. The van der Waals surface area contributed by atoms with Crippen molar-refractivity contribution in [1.82, 2.24) is 0 Å². The normalized spacial score (nSPS) is 31.8. The maximum atomic E-state index is 6.23. The number of hydrogen-bond acceptors (Lipinski definition) is 1. The van der Waals surface area contributed by atoms with Crippen LogP contribution in [0.4, 0.5) is 0 Å². The molecule has 1 aliphatic carbocycles. The van der Waals surface area contributed by atoms with Gasteiger partial charge in [-0.25, -0.2) is 0 Å². The highest BCUT2D eigenvalue weighted by Gasteiger charge is 2.50. The van der Waals surface area contributed by atoms with E-state index < -0.39 is 0 Å². The van der Waals surface area contributed by atoms with Crippen molar-refractivity contribution in [2.45, 2.75) is 25.3 Å². The van der Waals surface area contributed by atoms with E-state index in [0.717, 1.165) is 11.4 Å². The molecule has 13 heavy (non-hydrogen) atoms. The average Bonchev–Trinajstić information content (AvgIpc) is 2.80. The van der Waals surface area contributed by atoms with E-state index in [0.29, 0.717) is 5.92 Å². The van der Waals surface area contributed by atoms with Crippen LogP contribution in [-0.2, 0) is 5.54 Å². The van der Waals surface area contributed by atoms with Crippen LogP contribution in [0.3, 0.4) is 0 Å². The molecular formula is C11H14ClN. The lowest BCUT2D eigenvalue weighted by Gasteiger charge is -2.11. The highest BCUT2D eigenvalue weighted by Crippen LogP contribution is 2.51. The minimum Gasteiger partial charge on any atom is -0.321 e. The Bertz CT molecular complexity index is 306. The molecule has 2 rings (SSSR count). The van der Waals surface area contributed by atoms with Gasteiger partial charge in [-0.2, -0.15) is 0 Å². The van der Waals surface area contributed by atoms with E-state index in [-0.39, 0.29) is 5.54 Å². The van der Waals surface area contributed by atoms with Crippen molar-refractivity contribution >= 4 is 11.6 Å². The second-order valence-corrected chi connectivity index (χ2v) is 4.29. The van der Waals surface area contributed by atoms with Crippen LogP contribution in [0.15, 0.2) is 24.3 Å². The maximum absolute atomic E-state index is 6.23. The molecule has 2 N–H and O–H groups in total. The number of nitrogens with two attached hydrogens (primary N) is 1. The largest absolute Gasteiger partial charge is 0.321 e. The summed E-state index contributed by atoms with van der Waals surface area (Å²) < 4.78 is 0. The highest BCUT2D eigenvalue weighted by atomic mass is 35.5. The van der Waals surface area contributed by atoms with Crippen molar-refractivity contribution in [2.75, 3.05) is 0 Å². The molecule has 1 fully saturated rings. The van der Waals surface area contributed by atoms with Gasteiger partial charge in [0, 0.05) is 10.6 Å². The topological polar surface area (TPSA) is 26.0 Å². The van der Waals surface area contributed by atoms with Crippen LogP contribution in [0.1, 0.15) is 25.3 Å². The van der Waals surface area contributed by atoms with Gasteiger partial charge in [0.2, 0.25) is 0 Å². The SMILES string of the molecule is CC[C@H]1C[C@@]1(N)c1ccc(Cl)cc1. The molecule has 0 spiro atoms. The third-order valence-electron chi connectivity index (χ3n) is 3.03. The molecule has 0 radical (unpaired) electrons. The van der Waals surface area contributed by atoms with Gasteiger partial charge in [-0.3, -0.25) is 0 Å². The number of halogens is 1. The second kappa shape index (κ2) is 3.00. The molecule has 2 atom stereocenters. The van der Waals surface area contributed by atoms with Crippen molar-refractivity contribution in [3.63, 3.8) is 0 Å². The molecule has 70 valence electrons. The average molecular weight is 196 g/mol. The Morgan fingerprint density at radius 1 is 1.46 bits per heavy atom. The zero-order chi connectivity index (χ0) is 9.47. The number of benzene rings is 1. The molecule has 2 heteroatoms. The van der Waals surface area contributed by atoms with Gasteiger partial charge in [0.15, 0.2) is 0 Å². The summed E-state index contributed by atoms with van der Waals surface area (Å²) in [5.41, 5.74) is 7.40. The van der Waals surface area contributed by atoms with Gasteiger partial charge in [-0.1, -0.05) is 37.1 Å². The third-order valence-corrected chi connectivity index (χ3v) is 3.28. The summed E-state index contributed by atoms with van der Waals surface area (Å²) in [4.78, 5) is 0. The molecule has 1 aromatic rings. The lowest BCUT2D eigenvalue weighted by Crippen LogP contribution is -2.21. The predicted octanol–water partition coefficient (Wildman–Crippen LogP) is 2.92. The quantitative estimate of drug-likeness (QED) is 0.772. The summed E-state index contributed by atoms with van der Waals surface area (Å²) in [7, 11) is 0. The fraction of sp³-hybridized carbons (Fsp3) is 0.455. The van der Waals surface area contributed by atoms with Crippen molar-refractivity contribution in [2.24, 2.45) is 11.7 Å². The van der Waals surface area contributed by atoms with Crippen molar-refractivity contribution in [3.8, 4) is 0 Å². The Balaban J connectivity index is 2.23. The summed E-state index contributed by atoms with van der Waals surface area (Å²) in [6.45, 7) is 2.19. The first kappa shape index (κ1) is 9.04. The molecule has 0 unspecified atom stereocenters. The Hall–Kier alpha value is -0.530. The zero-order valence-electron chi connectivity index (χ0n) is 7.76. The van der Waals surface area contributed by atoms with Crippen LogP contribution in [0.5, 0.6) is 0 Å². The van der Waals surface area contributed by atoms with Crippen molar-refractivity contribution < 1.29 is 0 Å². The molecule has 1 aliphatic rings. The highest BCUT2D eigenvalue weighted by molar-refractivity contribution is 6.30. The Labute approximate surface area is 83.9 Å². The van der Waals surface area contributed by atoms with Crippen LogP contribution >= 0.6 is 11.6 Å². The first-order chi connectivity index (χ1) is 6.16. The van der Waals surface area contributed by atoms with Crippen LogP contribution in [-0.4, -0.2) is 0 Å². The Morgan fingerprint density at radius 3 is 2.54 bits per heavy atom. The summed E-state index contributed by atoms with van der Waals surface area (Å²) in [5.74, 6) is 0.661. The van der Waals surface area contributed by atoms with E-state index in [2.05, 4.69) is 6.92 Å². The molecule has 0 amide bonds. The molecule has 1 saturated carbocycles. The van der Waals surface area contributed by atoms with Gasteiger partial charge in [0.1, 0.15) is 0 Å². The Morgan fingerprint density at radius 2 is 2.08 bits per heavy atom. The lowest BCUT2D eigenvalue weighted by molar-refractivity contribution is 0.615. The van der Waals surface area contributed by atoms with Crippen molar-refractivity contribution in [3.05, 3.63) is 34.9 Å². The van der Waals surface area contributed by atoms with Crippen LogP contribution < -0.4 is 5.73 Å². The molecule has 0 bridgehead atoms. The molecule has 0 aromatic heterocycles. The standard InChI is InChI=1S/C11H14ClN/c1-2-8-7-11(8,13)9-3-5-10(12)6-4-9/h3-6,8H,2,7,13H2,1H3/t8-,11-/m0/s1. The maximum Gasteiger partial charge on any atom is 0.0442 e. The minimum atomic E-state index is -0.0562. The first-order valence-electron chi connectivity index (χ1n) is 4.71. The van der Waals surface area contributed by atoms with Gasteiger partial charge < -0.3 is 5.73 Å². The van der Waals surface area contributed by atoms with E-state index in [1.54, 1.807) is 0 Å². The summed E-state index contributed by atoms with van der Waals surface area (Å²) in [6.07, 6.45) is 2.28. The second-order valence-electron chi connectivity index (χ2n) is 3.86. The lowest BCUT2D eigenvalue weighted by atomic mass is 10.0. The van der Waals surface area contributed by atoms with Crippen LogP contribution in [0.25, 0.3) is 0 Å². The van der Waals surface area contributed by atoms with Gasteiger partial charge in [-0.05, 0) is 30.0 Å². The molecule has 1 aromatic carbocycles. The van der Waals surface area contributed by atoms with Crippen LogP contribution in [0.2, 0.25) is 5.02 Å². The third kappa shape index (κ3) is 1.47. The van der Waals surface area contributed by atoms with Gasteiger partial charge in [0.05, 0.1) is 0 Å². The fourth-order valence-corrected chi connectivity index (χ4v) is 2.10. The van der Waals surface area contributed by atoms with E-state index in [4.69, 9.17) is 17.3 Å². The van der Waals surface area contributed by atoms with E-state index in [1.165, 1.54) is 12.0 Å². The fourth-order valence-electron chi connectivity index (χ4n) is 1.97. The minimum absolute atomic E-state index is 0.0562. The molecule has 0 heterocycles. The Kier molecular flexibility index (Phi) is 2.09. The molecule has 0 saturated heterocycles. The molecule has 0 aliphatic heterocycles.